The third kappa shape index (κ3) is 5.26. The maximum Gasteiger partial charge on any atom is 0.416 e. The standard InChI is InChI=1S/C21H27F3N2O2/c22-21(23,24)17-9-7-16(8-10-17)20(28)26-13-11-15(12-14-26)19(27)25-18-5-3-1-2-4-6-18/h7-10,15,18H,1-6,11-14H2,(H,25,27). The number of piperidine rings is 1. The molecule has 1 saturated carbocycles. The fourth-order valence-corrected chi connectivity index (χ4v) is 4.07. The molecule has 1 heterocycles. The van der Waals surface area contributed by atoms with Crippen molar-refractivity contribution in [3.05, 3.63) is 35.4 Å². The number of rotatable bonds is 3. The quantitative estimate of drug-likeness (QED) is 0.770. The first-order valence-electron chi connectivity index (χ1n) is 10.1. The highest BCUT2D eigenvalue weighted by Crippen LogP contribution is 2.29. The van der Waals surface area contributed by atoms with Crippen molar-refractivity contribution in [1.82, 2.24) is 10.2 Å². The molecule has 1 N–H and O–H groups in total. The lowest BCUT2D eigenvalue weighted by molar-refractivity contribution is -0.137. The van der Waals surface area contributed by atoms with E-state index in [0.29, 0.717) is 25.9 Å². The summed E-state index contributed by atoms with van der Waals surface area (Å²) >= 11 is 0. The van der Waals surface area contributed by atoms with E-state index in [1.807, 2.05) is 0 Å². The highest BCUT2D eigenvalue weighted by atomic mass is 19.4. The summed E-state index contributed by atoms with van der Waals surface area (Å²) in [5.41, 5.74) is -0.521. The number of amides is 2. The largest absolute Gasteiger partial charge is 0.416 e. The average molecular weight is 396 g/mol. The molecule has 0 aromatic heterocycles. The van der Waals surface area contributed by atoms with Crippen molar-refractivity contribution in [3.8, 4) is 0 Å². The summed E-state index contributed by atoms with van der Waals surface area (Å²) in [5.74, 6) is -0.301. The molecule has 28 heavy (non-hydrogen) atoms. The van der Waals surface area contributed by atoms with Gasteiger partial charge in [0.1, 0.15) is 0 Å². The SMILES string of the molecule is O=C(NC1CCCCCC1)C1CCN(C(=O)c2ccc(C(F)(F)F)cc2)CC1. The molecule has 2 aliphatic rings. The lowest BCUT2D eigenvalue weighted by Crippen LogP contribution is -2.45. The first-order valence-corrected chi connectivity index (χ1v) is 10.1. The summed E-state index contributed by atoms with van der Waals surface area (Å²) in [6.07, 6.45) is 3.62. The monoisotopic (exact) mass is 396 g/mol. The van der Waals surface area contributed by atoms with Gasteiger partial charge < -0.3 is 10.2 Å². The Morgan fingerprint density at radius 1 is 0.893 bits per heavy atom. The van der Waals surface area contributed by atoms with E-state index in [9.17, 15) is 22.8 Å². The molecule has 3 rings (SSSR count). The molecule has 0 radical (unpaired) electrons. The molecule has 4 nitrogen and oxygen atoms in total. The van der Waals surface area contributed by atoms with E-state index in [4.69, 9.17) is 0 Å². The zero-order chi connectivity index (χ0) is 20.1. The fraction of sp³-hybridized carbons (Fsp3) is 0.619. The third-order valence-electron chi connectivity index (χ3n) is 5.81. The van der Waals surface area contributed by atoms with E-state index < -0.39 is 11.7 Å². The Morgan fingerprint density at radius 2 is 1.46 bits per heavy atom. The second-order valence-corrected chi connectivity index (χ2v) is 7.84. The lowest BCUT2D eigenvalue weighted by atomic mass is 9.94. The van der Waals surface area contributed by atoms with E-state index in [2.05, 4.69) is 5.32 Å². The zero-order valence-corrected chi connectivity index (χ0v) is 15.9. The number of nitrogens with one attached hydrogen (secondary N) is 1. The van der Waals surface area contributed by atoms with Crippen LogP contribution in [0.15, 0.2) is 24.3 Å². The molecule has 0 unspecified atom stereocenters. The first kappa shape index (κ1) is 20.7. The van der Waals surface area contributed by atoms with Crippen molar-refractivity contribution < 1.29 is 22.8 Å². The Bertz CT molecular complexity index is 672. The summed E-state index contributed by atoms with van der Waals surface area (Å²) in [5, 5.41) is 3.18. The minimum atomic E-state index is -4.41. The Kier molecular flexibility index (Phi) is 6.62. The molecule has 1 aliphatic carbocycles. The Labute approximate surface area is 163 Å². The summed E-state index contributed by atoms with van der Waals surface area (Å²) < 4.78 is 38.0. The number of halogens is 3. The van der Waals surface area contributed by atoms with Gasteiger partial charge in [0.25, 0.3) is 5.91 Å². The third-order valence-corrected chi connectivity index (χ3v) is 5.81. The number of hydrogen-bond donors (Lipinski definition) is 1. The molecule has 0 spiro atoms. The number of nitrogens with zero attached hydrogens (tertiary/aromatic N) is 1. The van der Waals surface area contributed by atoms with Crippen molar-refractivity contribution in [3.63, 3.8) is 0 Å². The van der Waals surface area contributed by atoms with Crippen LogP contribution >= 0.6 is 0 Å². The van der Waals surface area contributed by atoms with Crippen molar-refractivity contribution in [1.29, 1.82) is 0 Å². The molecule has 2 amide bonds. The van der Waals surface area contributed by atoms with Gasteiger partial charge in [0, 0.05) is 30.6 Å². The van der Waals surface area contributed by atoms with E-state index >= 15 is 0 Å². The van der Waals surface area contributed by atoms with Crippen molar-refractivity contribution >= 4 is 11.8 Å². The molecule has 7 heteroatoms. The van der Waals surface area contributed by atoms with Crippen LogP contribution in [0.25, 0.3) is 0 Å². The van der Waals surface area contributed by atoms with Gasteiger partial charge in [0.2, 0.25) is 5.91 Å². The molecule has 1 aromatic carbocycles. The van der Waals surface area contributed by atoms with Gasteiger partial charge in [-0.15, -0.1) is 0 Å². The van der Waals surface area contributed by atoms with Crippen LogP contribution in [0.4, 0.5) is 13.2 Å². The predicted octanol–water partition coefficient (Wildman–Crippen LogP) is 4.40. The van der Waals surface area contributed by atoms with Gasteiger partial charge in [-0.05, 0) is 49.9 Å². The predicted molar refractivity (Wildman–Crippen MR) is 99.7 cm³/mol. The molecule has 1 saturated heterocycles. The Morgan fingerprint density at radius 3 is 2.00 bits per heavy atom. The van der Waals surface area contributed by atoms with Crippen LogP contribution in [0.3, 0.4) is 0 Å². The van der Waals surface area contributed by atoms with Gasteiger partial charge >= 0.3 is 6.18 Å². The molecule has 0 bridgehead atoms. The van der Waals surface area contributed by atoms with Gasteiger partial charge in [-0.3, -0.25) is 9.59 Å². The van der Waals surface area contributed by atoms with E-state index in [-0.39, 0.29) is 29.3 Å². The van der Waals surface area contributed by atoms with Crippen LogP contribution in [-0.2, 0) is 11.0 Å². The van der Waals surface area contributed by atoms with Crippen molar-refractivity contribution in [2.45, 2.75) is 63.6 Å². The smallest absolute Gasteiger partial charge is 0.353 e. The highest BCUT2D eigenvalue weighted by molar-refractivity contribution is 5.94. The first-order chi connectivity index (χ1) is 13.3. The van der Waals surface area contributed by atoms with Crippen LogP contribution in [0, 0.1) is 5.92 Å². The van der Waals surface area contributed by atoms with Crippen LogP contribution in [0.2, 0.25) is 0 Å². The summed E-state index contributed by atoms with van der Waals surface area (Å²) in [7, 11) is 0. The van der Waals surface area contributed by atoms with E-state index in [1.165, 1.54) is 25.0 Å². The van der Waals surface area contributed by atoms with Crippen LogP contribution in [-0.4, -0.2) is 35.8 Å². The van der Waals surface area contributed by atoms with Gasteiger partial charge in [0.05, 0.1) is 5.56 Å². The number of likely N-dealkylation sites (tertiary alicyclic amines) is 1. The molecule has 2 fully saturated rings. The van der Waals surface area contributed by atoms with Crippen LogP contribution < -0.4 is 5.32 Å². The number of benzene rings is 1. The van der Waals surface area contributed by atoms with E-state index in [1.54, 1.807) is 4.90 Å². The highest BCUT2D eigenvalue weighted by Gasteiger charge is 2.32. The topological polar surface area (TPSA) is 49.4 Å². The second kappa shape index (κ2) is 8.97. The van der Waals surface area contributed by atoms with Crippen molar-refractivity contribution in [2.24, 2.45) is 5.92 Å². The maximum absolute atomic E-state index is 12.7. The number of hydrogen-bond acceptors (Lipinski definition) is 2. The Balaban J connectivity index is 1.50. The molecule has 154 valence electrons. The van der Waals surface area contributed by atoms with Gasteiger partial charge in [0.15, 0.2) is 0 Å². The molecular formula is C21H27F3N2O2. The average Bonchev–Trinajstić information content (AvgIpc) is 2.95. The minimum absolute atomic E-state index is 0.0773. The van der Waals surface area contributed by atoms with Gasteiger partial charge in [-0.25, -0.2) is 0 Å². The Hall–Kier alpha value is -2.05. The van der Waals surface area contributed by atoms with E-state index in [0.717, 1.165) is 37.8 Å². The molecule has 1 aliphatic heterocycles. The van der Waals surface area contributed by atoms with Crippen molar-refractivity contribution in [2.75, 3.05) is 13.1 Å². The lowest BCUT2D eigenvalue weighted by Gasteiger charge is -2.32. The normalized spacial score (nSPS) is 19.9. The number of carbonyl (C=O) groups excluding carboxylic acids is 2. The second-order valence-electron chi connectivity index (χ2n) is 7.84. The van der Waals surface area contributed by atoms with Crippen LogP contribution in [0.5, 0.6) is 0 Å². The number of alkyl halides is 3. The molecule has 1 aromatic rings. The zero-order valence-electron chi connectivity index (χ0n) is 15.9. The summed E-state index contributed by atoms with van der Waals surface area (Å²) in [6.45, 7) is 0.894. The molecular weight excluding hydrogens is 369 g/mol. The van der Waals surface area contributed by atoms with Gasteiger partial charge in [-0.1, -0.05) is 25.7 Å². The van der Waals surface area contributed by atoms with Crippen LogP contribution in [0.1, 0.15) is 67.3 Å². The number of carbonyl (C=O) groups is 2. The minimum Gasteiger partial charge on any atom is -0.353 e. The summed E-state index contributed by atoms with van der Waals surface area (Å²) in [6, 6.07) is 4.56. The maximum atomic E-state index is 12.7. The molecule has 0 atom stereocenters. The fourth-order valence-electron chi connectivity index (χ4n) is 4.07. The van der Waals surface area contributed by atoms with Gasteiger partial charge in [-0.2, -0.15) is 13.2 Å². The summed E-state index contributed by atoms with van der Waals surface area (Å²) in [4.78, 5) is 26.7.